The van der Waals surface area contributed by atoms with Crippen molar-refractivity contribution < 1.29 is 19.4 Å². The molecule has 1 fully saturated rings. The van der Waals surface area contributed by atoms with Crippen molar-refractivity contribution in [2.75, 3.05) is 26.8 Å². The molecule has 1 amide bonds. The van der Waals surface area contributed by atoms with Crippen LogP contribution in [0.25, 0.3) is 0 Å². The maximum absolute atomic E-state index is 12.6. The number of aromatic carboxylic acids is 1. The van der Waals surface area contributed by atoms with E-state index in [2.05, 4.69) is 4.98 Å². The summed E-state index contributed by atoms with van der Waals surface area (Å²) in [4.78, 5) is 29.0. The average molecular weight is 306 g/mol. The second-order valence-corrected chi connectivity index (χ2v) is 5.63. The van der Waals surface area contributed by atoms with E-state index in [0.717, 1.165) is 38.8 Å². The molecular weight excluding hydrogens is 284 g/mol. The monoisotopic (exact) mass is 306 g/mol. The SMILES string of the molecule is COCCC1CCCCN(C(=O)c2ccc(C(=O)O)nc2)C1. The number of carboxylic acids is 1. The molecule has 6 nitrogen and oxygen atoms in total. The number of ether oxygens (including phenoxy) is 1. The zero-order chi connectivity index (χ0) is 15.9. The molecule has 0 aliphatic carbocycles. The number of carbonyl (C=O) groups excluding carboxylic acids is 1. The van der Waals surface area contributed by atoms with Crippen molar-refractivity contribution in [2.45, 2.75) is 25.7 Å². The van der Waals surface area contributed by atoms with Crippen molar-refractivity contribution in [1.29, 1.82) is 0 Å². The minimum atomic E-state index is -1.09. The average Bonchev–Trinajstić information content (AvgIpc) is 2.78. The summed E-state index contributed by atoms with van der Waals surface area (Å²) in [7, 11) is 1.69. The van der Waals surface area contributed by atoms with Crippen molar-refractivity contribution in [3.8, 4) is 0 Å². The van der Waals surface area contributed by atoms with Crippen LogP contribution in [0.1, 0.15) is 46.5 Å². The largest absolute Gasteiger partial charge is 0.477 e. The molecule has 0 radical (unpaired) electrons. The van der Waals surface area contributed by atoms with Crippen molar-refractivity contribution >= 4 is 11.9 Å². The van der Waals surface area contributed by atoms with E-state index >= 15 is 0 Å². The first-order valence-electron chi connectivity index (χ1n) is 7.59. The molecule has 0 aromatic carbocycles. The number of amides is 1. The standard InChI is InChI=1S/C16H22N2O4/c1-22-9-7-12-4-2-3-8-18(11-12)15(19)13-5-6-14(16(20)21)17-10-13/h5-6,10,12H,2-4,7-9,11H2,1H3,(H,20,21). The number of hydrogen-bond donors (Lipinski definition) is 1. The molecule has 2 heterocycles. The van der Waals surface area contributed by atoms with Crippen LogP contribution in [0.4, 0.5) is 0 Å². The molecule has 1 aromatic rings. The lowest BCUT2D eigenvalue weighted by atomic mass is 10.00. The normalized spacial score (nSPS) is 18.8. The third-order valence-corrected chi connectivity index (χ3v) is 4.02. The minimum absolute atomic E-state index is 0.0506. The second kappa shape index (κ2) is 7.89. The van der Waals surface area contributed by atoms with Crippen LogP contribution >= 0.6 is 0 Å². The molecule has 120 valence electrons. The molecule has 1 aliphatic heterocycles. The van der Waals surface area contributed by atoms with E-state index in [1.807, 2.05) is 4.90 Å². The highest BCUT2D eigenvalue weighted by Crippen LogP contribution is 2.21. The highest BCUT2D eigenvalue weighted by Gasteiger charge is 2.23. The van der Waals surface area contributed by atoms with Gasteiger partial charge < -0.3 is 14.7 Å². The van der Waals surface area contributed by atoms with E-state index in [0.29, 0.717) is 18.1 Å². The molecule has 1 aliphatic rings. The van der Waals surface area contributed by atoms with Gasteiger partial charge in [0.1, 0.15) is 5.69 Å². The molecule has 22 heavy (non-hydrogen) atoms. The molecule has 1 saturated heterocycles. The van der Waals surface area contributed by atoms with Gasteiger partial charge in [0.25, 0.3) is 5.91 Å². The summed E-state index contributed by atoms with van der Waals surface area (Å²) in [6.45, 7) is 2.17. The van der Waals surface area contributed by atoms with E-state index in [1.165, 1.54) is 18.3 Å². The van der Waals surface area contributed by atoms with Crippen molar-refractivity contribution in [2.24, 2.45) is 5.92 Å². The van der Waals surface area contributed by atoms with Gasteiger partial charge in [0, 0.05) is 33.0 Å². The van der Waals surface area contributed by atoms with E-state index in [1.54, 1.807) is 7.11 Å². The molecule has 2 rings (SSSR count). The quantitative estimate of drug-likeness (QED) is 0.900. The van der Waals surface area contributed by atoms with Crippen LogP contribution in [0.2, 0.25) is 0 Å². The lowest BCUT2D eigenvalue weighted by molar-refractivity contribution is 0.0685. The second-order valence-electron chi connectivity index (χ2n) is 5.63. The van der Waals surface area contributed by atoms with Crippen LogP contribution in [-0.2, 0) is 4.74 Å². The van der Waals surface area contributed by atoms with Crippen molar-refractivity contribution in [3.63, 3.8) is 0 Å². The maximum atomic E-state index is 12.6. The Balaban J connectivity index is 2.04. The Bertz CT molecular complexity index is 515. The van der Waals surface area contributed by atoms with E-state index in [9.17, 15) is 9.59 Å². The van der Waals surface area contributed by atoms with E-state index in [-0.39, 0.29) is 11.6 Å². The van der Waals surface area contributed by atoms with Crippen LogP contribution in [0.15, 0.2) is 18.3 Å². The Kier molecular flexibility index (Phi) is 5.89. The summed E-state index contributed by atoms with van der Waals surface area (Å²) >= 11 is 0. The van der Waals surface area contributed by atoms with E-state index < -0.39 is 5.97 Å². The zero-order valence-corrected chi connectivity index (χ0v) is 12.8. The third-order valence-electron chi connectivity index (χ3n) is 4.02. The smallest absolute Gasteiger partial charge is 0.354 e. The predicted molar refractivity (Wildman–Crippen MR) is 80.9 cm³/mol. The molecule has 1 N–H and O–H groups in total. The number of hydrogen-bond acceptors (Lipinski definition) is 4. The summed E-state index contributed by atoms with van der Waals surface area (Å²) in [5.74, 6) is -0.709. The lowest BCUT2D eigenvalue weighted by Crippen LogP contribution is -2.35. The fraction of sp³-hybridized carbons (Fsp3) is 0.562. The zero-order valence-electron chi connectivity index (χ0n) is 12.8. The topological polar surface area (TPSA) is 79.7 Å². The van der Waals surface area contributed by atoms with Gasteiger partial charge in [-0.1, -0.05) is 6.42 Å². The van der Waals surface area contributed by atoms with E-state index in [4.69, 9.17) is 9.84 Å². The van der Waals surface area contributed by atoms with Gasteiger partial charge >= 0.3 is 5.97 Å². The third kappa shape index (κ3) is 4.27. The number of carbonyl (C=O) groups is 2. The Hall–Kier alpha value is -1.95. The highest BCUT2D eigenvalue weighted by atomic mass is 16.5. The molecule has 6 heteroatoms. The highest BCUT2D eigenvalue weighted by molar-refractivity contribution is 5.94. The fourth-order valence-corrected chi connectivity index (χ4v) is 2.76. The summed E-state index contributed by atoms with van der Waals surface area (Å²) in [5.41, 5.74) is 0.391. The molecular formula is C16H22N2O4. The van der Waals surface area contributed by atoms with Crippen molar-refractivity contribution in [1.82, 2.24) is 9.88 Å². The van der Waals surface area contributed by atoms with Crippen LogP contribution in [-0.4, -0.2) is 53.7 Å². The van der Waals surface area contributed by atoms with Gasteiger partial charge in [-0.25, -0.2) is 9.78 Å². The van der Waals surface area contributed by atoms with Gasteiger partial charge in [0.05, 0.1) is 5.56 Å². The van der Waals surface area contributed by atoms with Crippen molar-refractivity contribution in [3.05, 3.63) is 29.6 Å². The Labute approximate surface area is 130 Å². The summed E-state index contributed by atoms with van der Waals surface area (Å²) in [6, 6.07) is 2.91. The number of methoxy groups -OCH3 is 1. The summed E-state index contributed by atoms with van der Waals surface area (Å²) < 4.78 is 5.13. The Morgan fingerprint density at radius 1 is 1.41 bits per heavy atom. The maximum Gasteiger partial charge on any atom is 0.354 e. The van der Waals surface area contributed by atoms with Gasteiger partial charge in [0.2, 0.25) is 0 Å². The summed E-state index contributed by atoms with van der Waals surface area (Å²) in [5, 5.41) is 8.85. The van der Waals surface area contributed by atoms with Gasteiger partial charge in [-0.05, 0) is 37.3 Å². The summed E-state index contributed by atoms with van der Waals surface area (Å²) in [6.07, 6.45) is 5.53. The predicted octanol–water partition coefficient (Wildman–Crippen LogP) is 2.06. The molecule has 1 atom stereocenters. The van der Waals surface area contributed by atoms with Gasteiger partial charge in [-0.3, -0.25) is 4.79 Å². The number of aromatic nitrogens is 1. The first-order chi connectivity index (χ1) is 10.6. The van der Waals surface area contributed by atoms with Crippen LogP contribution in [0, 0.1) is 5.92 Å². The first-order valence-corrected chi connectivity index (χ1v) is 7.59. The number of likely N-dealkylation sites (tertiary alicyclic amines) is 1. The van der Waals surface area contributed by atoms with Crippen LogP contribution < -0.4 is 0 Å². The van der Waals surface area contributed by atoms with Crippen LogP contribution in [0.5, 0.6) is 0 Å². The molecule has 0 saturated carbocycles. The molecule has 0 bridgehead atoms. The van der Waals surface area contributed by atoms with Gasteiger partial charge in [-0.15, -0.1) is 0 Å². The Morgan fingerprint density at radius 3 is 2.86 bits per heavy atom. The van der Waals surface area contributed by atoms with Gasteiger partial charge in [-0.2, -0.15) is 0 Å². The van der Waals surface area contributed by atoms with Crippen LogP contribution in [0.3, 0.4) is 0 Å². The Morgan fingerprint density at radius 2 is 2.23 bits per heavy atom. The number of pyridine rings is 1. The molecule has 0 spiro atoms. The molecule has 1 unspecified atom stereocenters. The lowest BCUT2D eigenvalue weighted by Gasteiger charge is -2.24. The minimum Gasteiger partial charge on any atom is -0.477 e. The fourth-order valence-electron chi connectivity index (χ4n) is 2.76. The molecule has 1 aromatic heterocycles. The first kappa shape index (κ1) is 16.4. The van der Waals surface area contributed by atoms with Gasteiger partial charge in [0.15, 0.2) is 0 Å². The number of rotatable bonds is 5. The number of nitrogens with zero attached hydrogens (tertiary/aromatic N) is 2. The number of carboxylic acid groups (broad SMARTS) is 1.